The van der Waals surface area contributed by atoms with Crippen molar-refractivity contribution in [2.75, 3.05) is 54.2 Å². The molecule has 0 spiro atoms. The number of hydrogen-bond acceptors (Lipinski definition) is 6. The SMILES string of the molecule is COCCCn1c(CN(CCOC)CCOC)csc1=Nc1cccc(Cl)c1. The average Bonchev–Trinajstić information content (AvgIpc) is 3.05. The number of benzene rings is 1. The van der Waals surface area contributed by atoms with Crippen molar-refractivity contribution in [3.8, 4) is 0 Å². The maximum atomic E-state index is 6.11. The van der Waals surface area contributed by atoms with E-state index in [0.29, 0.717) is 18.2 Å². The maximum absolute atomic E-state index is 6.11. The predicted octanol–water partition coefficient (Wildman–Crippen LogP) is 3.57. The van der Waals surface area contributed by atoms with E-state index in [9.17, 15) is 0 Å². The van der Waals surface area contributed by atoms with Gasteiger partial charge in [-0.3, -0.25) is 4.90 Å². The molecule has 1 heterocycles. The van der Waals surface area contributed by atoms with Crippen molar-refractivity contribution in [2.45, 2.75) is 19.5 Å². The van der Waals surface area contributed by atoms with E-state index in [2.05, 4.69) is 14.8 Å². The molecular weight excluding hydrogens is 398 g/mol. The second kappa shape index (κ2) is 13.1. The molecule has 1 aromatic heterocycles. The van der Waals surface area contributed by atoms with Gasteiger partial charge in [-0.25, -0.2) is 4.99 Å². The molecule has 0 saturated heterocycles. The summed E-state index contributed by atoms with van der Waals surface area (Å²) in [5, 5.41) is 2.87. The van der Waals surface area contributed by atoms with Gasteiger partial charge in [-0.15, -0.1) is 11.3 Å². The number of hydrogen-bond donors (Lipinski definition) is 0. The molecule has 28 heavy (non-hydrogen) atoms. The topological polar surface area (TPSA) is 48.2 Å². The lowest BCUT2D eigenvalue weighted by atomic mass is 10.3. The molecule has 0 aliphatic heterocycles. The molecule has 1 aromatic carbocycles. The van der Waals surface area contributed by atoms with E-state index in [-0.39, 0.29) is 0 Å². The first-order valence-electron chi connectivity index (χ1n) is 9.34. The Labute approximate surface area is 176 Å². The number of halogens is 1. The molecule has 8 heteroatoms. The Balaban J connectivity index is 2.27. The van der Waals surface area contributed by atoms with Crippen LogP contribution >= 0.6 is 22.9 Å². The van der Waals surface area contributed by atoms with Crippen LogP contribution in [0.1, 0.15) is 12.1 Å². The summed E-state index contributed by atoms with van der Waals surface area (Å²) in [7, 11) is 5.19. The van der Waals surface area contributed by atoms with Crippen LogP contribution in [0.3, 0.4) is 0 Å². The molecule has 0 unspecified atom stereocenters. The van der Waals surface area contributed by atoms with Crippen LogP contribution in [-0.2, 0) is 27.3 Å². The lowest BCUT2D eigenvalue weighted by molar-refractivity contribution is 0.108. The van der Waals surface area contributed by atoms with Crippen LogP contribution in [0, 0.1) is 0 Å². The third kappa shape index (κ3) is 7.66. The molecule has 0 N–H and O–H groups in total. The van der Waals surface area contributed by atoms with Crippen LogP contribution in [0.5, 0.6) is 0 Å². The average molecular weight is 428 g/mol. The van der Waals surface area contributed by atoms with Gasteiger partial charge in [0.15, 0.2) is 4.80 Å². The summed E-state index contributed by atoms with van der Waals surface area (Å²) in [6, 6.07) is 7.62. The summed E-state index contributed by atoms with van der Waals surface area (Å²) in [4.78, 5) is 8.12. The third-order valence-corrected chi connectivity index (χ3v) is 5.40. The number of nitrogens with zero attached hydrogens (tertiary/aromatic N) is 3. The lowest BCUT2D eigenvalue weighted by Crippen LogP contribution is -2.32. The molecule has 2 aromatic rings. The first-order chi connectivity index (χ1) is 13.7. The third-order valence-electron chi connectivity index (χ3n) is 4.25. The monoisotopic (exact) mass is 427 g/mol. The summed E-state index contributed by atoms with van der Waals surface area (Å²) in [5.74, 6) is 0. The van der Waals surface area contributed by atoms with Gasteiger partial charge in [0.1, 0.15) is 0 Å². The van der Waals surface area contributed by atoms with E-state index in [4.69, 9.17) is 30.8 Å². The van der Waals surface area contributed by atoms with Crippen LogP contribution in [-0.4, -0.2) is 63.7 Å². The van der Waals surface area contributed by atoms with Crippen molar-refractivity contribution in [1.82, 2.24) is 9.47 Å². The molecule has 0 amide bonds. The Morgan fingerprint density at radius 2 is 1.79 bits per heavy atom. The van der Waals surface area contributed by atoms with Gasteiger partial charge >= 0.3 is 0 Å². The maximum Gasteiger partial charge on any atom is 0.190 e. The molecule has 6 nitrogen and oxygen atoms in total. The van der Waals surface area contributed by atoms with E-state index in [1.807, 2.05) is 24.3 Å². The summed E-state index contributed by atoms with van der Waals surface area (Å²) >= 11 is 7.76. The highest BCUT2D eigenvalue weighted by Gasteiger charge is 2.11. The zero-order valence-electron chi connectivity index (χ0n) is 16.9. The Morgan fingerprint density at radius 1 is 1.07 bits per heavy atom. The van der Waals surface area contributed by atoms with Gasteiger partial charge in [0, 0.05) is 70.2 Å². The predicted molar refractivity (Wildman–Crippen MR) is 115 cm³/mol. The lowest BCUT2D eigenvalue weighted by Gasteiger charge is -2.22. The molecule has 0 bridgehead atoms. The molecule has 0 radical (unpaired) electrons. The van der Waals surface area contributed by atoms with Crippen molar-refractivity contribution < 1.29 is 14.2 Å². The zero-order chi connectivity index (χ0) is 20.2. The Morgan fingerprint density at radius 3 is 2.43 bits per heavy atom. The first-order valence-corrected chi connectivity index (χ1v) is 10.6. The molecular formula is C20H30ClN3O3S. The van der Waals surface area contributed by atoms with Gasteiger partial charge in [0.05, 0.1) is 18.9 Å². The quantitative estimate of drug-likeness (QED) is 0.458. The van der Waals surface area contributed by atoms with Gasteiger partial charge in [0.25, 0.3) is 0 Å². The number of aromatic nitrogens is 1. The van der Waals surface area contributed by atoms with E-state index in [1.165, 1.54) is 5.69 Å². The molecule has 0 atom stereocenters. The number of methoxy groups -OCH3 is 3. The van der Waals surface area contributed by atoms with Crippen molar-refractivity contribution >= 4 is 28.6 Å². The van der Waals surface area contributed by atoms with E-state index >= 15 is 0 Å². The van der Waals surface area contributed by atoms with E-state index in [0.717, 1.165) is 49.7 Å². The highest BCUT2D eigenvalue weighted by atomic mass is 35.5. The fraction of sp³-hybridized carbons (Fsp3) is 0.550. The summed E-state index contributed by atoms with van der Waals surface area (Å²) in [6.07, 6.45) is 0.930. The molecule has 0 fully saturated rings. The van der Waals surface area contributed by atoms with Crippen molar-refractivity contribution in [2.24, 2.45) is 4.99 Å². The van der Waals surface area contributed by atoms with Crippen molar-refractivity contribution in [3.05, 3.63) is 45.2 Å². The van der Waals surface area contributed by atoms with Crippen LogP contribution in [0.15, 0.2) is 34.6 Å². The minimum Gasteiger partial charge on any atom is -0.385 e. The minimum absolute atomic E-state index is 0.689. The molecule has 2 rings (SSSR count). The summed E-state index contributed by atoms with van der Waals surface area (Å²) in [5.41, 5.74) is 2.09. The smallest absolute Gasteiger partial charge is 0.190 e. The van der Waals surface area contributed by atoms with Gasteiger partial charge < -0.3 is 18.8 Å². The minimum atomic E-state index is 0.689. The highest BCUT2D eigenvalue weighted by molar-refractivity contribution is 7.07. The highest BCUT2D eigenvalue weighted by Crippen LogP contribution is 2.18. The number of rotatable bonds is 13. The second-order valence-corrected chi connectivity index (χ2v) is 7.63. The molecule has 156 valence electrons. The van der Waals surface area contributed by atoms with Gasteiger partial charge in [-0.05, 0) is 24.6 Å². The molecule has 0 aliphatic rings. The number of thiazole rings is 1. The van der Waals surface area contributed by atoms with Gasteiger partial charge in [-0.1, -0.05) is 17.7 Å². The second-order valence-electron chi connectivity index (χ2n) is 6.36. The first kappa shape index (κ1) is 23.1. The fourth-order valence-electron chi connectivity index (χ4n) is 2.78. The standard InChI is InChI=1S/C20H30ClN3O3S/c1-25-11-5-8-24-19(15-23(9-12-26-2)10-13-27-3)16-28-20(24)22-18-7-4-6-17(21)14-18/h4,6-7,14,16H,5,8-13,15H2,1-3H3. The summed E-state index contributed by atoms with van der Waals surface area (Å²) in [6.45, 7) is 5.49. The van der Waals surface area contributed by atoms with E-state index in [1.54, 1.807) is 32.7 Å². The Bertz CT molecular complexity index is 755. The van der Waals surface area contributed by atoms with Crippen molar-refractivity contribution in [1.29, 1.82) is 0 Å². The van der Waals surface area contributed by atoms with Crippen LogP contribution in [0.2, 0.25) is 5.02 Å². The fourth-order valence-corrected chi connectivity index (χ4v) is 3.90. The molecule has 0 aliphatic carbocycles. The van der Waals surface area contributed by atoms with Gasteiger partial charge in [-0.2, -0.15) is 0 Å². The zero-order valence-corrected chi connectivity index (χ0v) is 18.5. The van der Waals surface area contributed by atoms with Crippen molar-refractivity contribution in [3.63, 3.8) is 0 Å². The summed E-state index contributed by atoms with van der Waals surface area (Å²) < 4.78 is 18.0. The number of ether oxygens (including phenoxy) is 3. The molecule has 0 saturated carbocycles. The Hall–Kier alpha value is -1.22. The normalized spacial score (nSPS) is 12.2. The van der Waals surface area contributed by atoms with Crippen LogP contribution < -0.4 is 4.80 Å². The van der Waals surface area contributed by atoms with E-state index < -0.39 is 0 Å². The van der Waals surface area contributed by atoms with Gasteiger partial charge in [0.2, 0.25) is 0 Å². The van der Waals surface area contributed by atoms with Crippen LogP contribution in [0.25, 0.3) is 0 Å². The Kier molecular flexibility index (Phi) is 10.8. The largest absolute Gasteiger partial charge is 0.385 e. The van der Waals surface area contributed by atoms with Crippen LogP contribution in [0.4, 0.5) is 5.69 Å².